The second kappa shape index (κ2) is 6.45. The average Bonchev–Trinajstić information content (AvgIpc) is 3.15. The molecule has 1 fully saturated rings. The number of carbonyl (C=O) groups excluding carboxylic acids is 2. The van der Waals surface area contributed by atoms with Crippen molar-refractivity contribution in [3.8, 4) is 0 Å². The number of nitrogens with one attached hydrogen (secondary N) is 1. The molecule has 2 aromatic rings. The summed E-state index contributed by atoms with van der Waals surface area (Å²) >= 11 is 0. The lowest BCUT2D eigenvalue weighted by atomic mass is 10.1. The molecule has 10 heteroatoms. The lowest BCUT2D eigenvalue weighted by Crippen LogP contribution is -2.42. The number of hydrogen-bond acceptors (Lipinski definition) is 7. The number of anilines is 1. The van der Waals surface area contributed by atoms with Crippen LogP contribution in [0.15, 0.2) is 27.7 Å². The second-order valence-corrected chi connectivity index (χ2v) is 8.94. The first kappa shape index (κ1) is 17.7. The Morgan fingerprint density at radius 1 is 1.33 bits per heavy atom. The number of oxazole rings is 1. The Hall–Kier alpha value is -2.75. The van der Waals surface area contributed by atoms with E-state index >= 15 is 0 Å². The van der Waals surface area contributed by atoms with E-state index < -0.39 is 21.8 Å². The van der Waals surface area contributed by atoms with Crippen molar-refractivity contribution in [2.24, 2.45) is 5.10 Å². The van der Waals surface area contributed by atoms with Crippen molar-refractivity contribution < 1.29 is 22.4 Å². The van der Waals surface area contributed by atoms with Crippen LogP contribution in [0, 0.1) is 6.92 Å². The summed E-state index contributed by atoms with van der Waals surface area (Å²) in [5, 5.41) is 8.08. The highest BCUT2D eigenvalue weighted by Crippen LogP contribution is 2.23. The topological polar surface area (TPSA) is 122 Å². The number of rotatable bonds is 3. The number of amides is 2. The fourth-order valence-electron chi connectivity index (χ4n) is 3.31. The summed E-state index contributed by atoms with van der Waals surface area (Å²) < 4.78 is 28.8. The molecule has 1 unspecified atom stereocenters. The van der Waals surface area contributed by atoms with Crippen LogP contribution in [0.25, 0.3) is 11.1 Å². The van der Waals surface area contributed by atoms with Gasteiger partial charge in [0.1, 0.15) is 11.2 Å². The highest BCUT2D eigenvalue weighted by atomic mass is 32.2. The summed E-state index contributed by atoms with van der Waals surface area (Å²) in [6.45, 7) is 1.74. The van der Waals surface area contributed by atoms with Gasteiger partial charge in [0, 0.05) is 31.5 Å². The highest BCUT2D eigenvalue weighted by molar-refractivity contribution is 7.91. The molecule has 9 nitrogen and oxygen atoms in total. The number of sulfone groups is 1. The largest absolute Gasteiger partial charge is 0.441 e. The lowest BCUT2D eigenvalue weighted by molar-refractivity contribution is -0.133. The standard InChI is InChI=1S/C17H18N4O5S/c1-10-18-13-3-2-11(8-15(13)26-10)19-17(23)14-4-5-16(22)21(20-14)12-6-7-27(24,25)9-12/h2-3,8,12H,4-7,9H2,1H3,(H,19,23). The van der Waals surface area contributed by atoms with E-state index in [0.717, 1.165) is 0 Å². The van der Waals surface area contributed by atoms with Gasteiger partial charge < -0.3 is 9.73 Å². The van der Waals surface area contributed by atoms with Gasteiger partial charge in [-0.2, -0.15) is 5.10 Å². The van der Waals surface area contributed by atoms with Crippen LogP contribution < -0.4 is 5.32 Å². The second-order valence-electron chi connectivity index (χ2n) is 6.71. The summed E-state index contributed by atoms with van der Waals surface area (Å²) in [4.78, 5) is 28.9. The molecule has 142 valence electrons. The third kappa shape index (κ3) is 3.57. The first-order chi connectivity index (χ1) is 12.8. The van der Waals surface area contributed by atoms with Gasteiger partial charge in [-0.25, -0.2) is 18.4 Å². The molecule has 0 radical (unpaired) electrons. The van der Waals surface area contributed by atoms with E-state index in [0.29, 0.717) is 29.1 Å². The number of benzene rings is 1. The predicted octanol–water partition coefficient (Wildman–Crippen LogP) is 1.24. The molecule has 1 aromatic carbocycles. The van der Waals surface area contributed by atoms with E-state index in [1.165, 1.54) is 5.01 Å². The Kier molecular flexibility index (Phi) is 4.22. The van der Waals surface area contributed by atoms with E-state index in [1.54, 1.807) is 25.1 Å². The van der Waals surface area contributed by atoms with Crippen LogP contribution in [-0.4, -0.2) is 53.5 Å². The van der Waals surface area contributed by atoms with Crippen LogP contribution in [0.5, 0.6) is 0 Å². The summed E-state index contributed by atoms with van der Waals surface area (Å²) in [7, 11) is -3.15. The van der Waals surface area contributed by atoms with Gasteiger partial charge in [0.2, 0.25) is 5.91 Å². The molecule has 1 atom stereocenters. The van der Waals surface area contributed by atoms with Crippen molar-refractivity contribution in [1.82, 2.24) is 9.99 Å². The Balaban J connectivity index is 1.53. The Bertz CT molecular complexity index is 1070. The maximum Gasteiger partial charge on any atom is 0.271 e. The van der Waals surface area contributed by atoms with Crippen LogP contribution in [0.2, 0.25) is 0 Å². The van der Waals surface area contributed by atoms with Crippen molar-refractivity contribution >= 4 is 44.2 Å². The molecule has 4 rings (SSSR count). The monoisotopic (exact) mass is 390 g/mol. The summed E-state index contributed by atoms with van der Waals surface area (Å²) in [6, 6.07) is 4.61. The molecule has 1 N–H and O–H groups in total. The van der Waals surface area contributed by atoms with Crippen LogP contribution in [0.1, 0.15) is 25.2 Å². The number of aryl methyl sites for hydroxylation is 1. The third-order valence-electron chi connectivity index (χ3n) is 4.63. The van der Waals surface area contributed by atoms with E-state index in [9.17, 15) is 18.0 Å². The molecule has 1 saturated heterocycles. The molecule has 2 aliphatic rings. The average molecular weight is 390 g/mol. The Morgan fingerprint density at radius 3 is 2.89 bits per heavy atom. The summed E-state index contributed by atoms with van der Waals surface area (Å²) in [5.74, 6) is -0.227. The van der Waals surface area contributed by atoms with E-state index in [1.807, 2.05) is 0 Å². The normalized spacial score (nSPS) is 22.1. The van der Waals surface area contributed by atoms with E-state index in [2.05, 4.69) is 15.4 Å². The molecular weight excluding hydrogens is 372 g/mol. The number of hydrazone groups is 1. The van der Waals surface area contributed by atoms with Gasteiger partial charge in [-0.15, -0.1) is 0 Å². The molecule has 1 aromatic heterocycles. The maximum absolute atomic E-state index is 12.6. The number of nitrogens with zero attached hydrogens (tertiary/aromatic N) is 3. The summed E-state index contributed by atoms with van der Waals surface area (Å²) in [6.07, 6.45) is 0.682. The predicted molar refractivity (Wildman–Crippen MR) is 97.9 cm³/mol. The minimum atomic E-state index is -3.15. The minimum Gasteiger partial charge on any atom is -0.441 e. The Morgan fingerprint density at radius 2 is 2.15 bits per heavy atom. The van der Waals surface area contributed by atoms with Gasteiger partial charge >= 0.3 is 0 Å². The molecule has 3 heterocycles. The van der Waals surface area contributed by atoms with E-state index in [4.69, 9.17) is 4.42 Å². The van der Waals surface area contributed by atoms with Gasteiger partial charge in [0.25, 0.3) is 5.91 Å². The van der Waals surface area contributed by atoms with Gasteiger partial charge in [-0.05, 0) is 18.6 Å². The van der Waals surface area contributed by atoms with Crippen LogP contribution in [0.4, 0.5) is 5.69 Å². The highest BCUT2D eigenvalue weighted by Gasteiger charge is 2.37. The van der Waals surface area contributed by atoms with Crippen molar-refractivity contribution in [2.45, 2.75) is 32.2 Å². The molecule has 0 spiro atoms. The Labute approximate surface area is 155 Å². The molecular formula is C17H18N4O5S. The fourth-order valence-corrected chi connectivity index (χ4v) is 5.00. The maximum atomic E-state index is 12.6. The van der Waals surface area contributed by atoms with Crippen molar-refractivity contribution in [3.63, 3.8) is 0 Å². The zero-order valence-corrected chi connectivity index (χ0v) is 15.5. The number of carbonyl (C=O) groups is 2. The molecule has 27 heavy (non-hydrogen) atoms. The van der Waals surface area contributed by atoms with Gasteiger partial charge in [0.05, 0.1) is 17.5 Å². The molecule has 0 aliphatic carbocycles. The smallest absolute Gasteiger partial charge is 0.271 e. The lowest BCUT2D eigenvalue weighted by Gasteiger charge is -2.27. The van der Waals surface area contributed by atoms with Gasteiger partial charge in [-0.3, -0.25) is 9.59 Å². The minimum absolute atomic E-state index is 0.0368. The zero-order chi connectivity index (χ0) is 19.2. The van der Waals surface area contributed by atoms with Crippen LogP contribution in [-0.2, 0) is 19.4 Å². The van der Waals surface area contributed by atoms with Crippen molar-refractivity contribution in [2.75, 3.05) is 16.8 Å². The van der Waals surface area contributed by atoms with E-state index in [-0.39, 0.29) is 36.0 Å². The fraction of sp³-hybridized carbons (Fsp3) is 0.412. The molecule has 2 amide bonds. The first-order valence-corrected chi connectivity index (χ1v) is 10.4. The zero-order valence-electron chi connectivity index (χ0n) is 14.6. The molecule has 0 saturated carbocycles. The van der Waals surface area contributed by atoms with Crippen LogP contribution >= 0.6 is 0 Å². The quantitative estimate of drug-likeness (QED) is 0.841. The first-order valence-electron chi connectivity index (χ1n) is 8.59. The van der Waals surface area contributed by atoms with Gasteiger partial charge in [-0.1, -0.05) is 0 Å². The molecule has 0 bridgehead atoms. The molecule has 2 aliphatic heterocycles. The van der Waals surface area contributed by atoms with Gasteiger partial charge in [0.15, 0.2) is 21.3 Å². The van der Waals surface area contributed by atoms with Crippen molar-refractivity contribution in [3.05, 3.63) is 24.1 Å². The van der Waals surface area contributed by atoms with Crippen molar-refractivity contribution in [1.29, 1.82) is 0 Å². The number of hydrogen-bond donors (Lipinski definition) is 1. The number of fused-ring (bicyclic) bond motifs is 1. The van der Waals surface area contributed by atoms with Crippen LogP contribution in [0.3, 0.4) is 0 Å². The summed E-state index contributed by atoms with van der Waals surface area (Å²) in [5.41, 5.74) is 1.98. The SMILES string of the molecule is Cc1nc2ccc(NC(=O)C3=NN(C4CCS(=O)(=O)C4)C(=O)CC3)cc2o1. The third-order valence-corrected chi connectivity index (χ3v) is 6.38. The number of aromatic nitrogens is 1.